The second kappa shape index (κ2) is 5.13. The van der Waals surface area contributed by atoms with E-state index in [9.17, 15) is 4.39 Å². The summed E-state index contributed by atoms with van der Waals surface area (Å²) in [5.74, 6) is -0.136. The molecular formula is C15H13FN4. The predicted molar refractivity (Wildman–Crippen MR) is 78.2 cm³/mol. The molecule has 2 aromatic rings. The van der Waals surface area contributed by atoms with Gasteiger partial charge < -0.3 is 5.73 Å². The van der Waals surface area contributed by atoms with E-state index in [4.69, 9.17) is 5.73 Å². The third-order valence-corrected chi connectivity index (χ3v) is 3.10. The zero-order valence-corrected chi connectivity index (χ0v) is 10.6. The number of nitrogens with two attached hydrogens (primary N) is 1. The van der Waals surface area contributed by atoms with Crippen molar-refractivity contribution in [1.82, 2.24) is 0 Å². The van der Waals surface area contributed by atoms with Crippen LogP contribution in [0.1, 0.15) is 11.7 Å². The molecule has 1 aliphatic rings. The molecule has 1 heterocycles. The van der Waals surface area contributed by atoms with Gasteiger partial charge in [0.1, 0.15) is 12.2 Å². The van der Waals surface area contributed by atoms with Crippen LogP contribution in [0.4, 0.5) is 10.1 Å². The molecule has 2 N–H and O–H groups in total. The van der Waals surface area contributed by atoms with E-state index in [1.807, 2.05) is 30.3 Å². The van der Waals surface area contributed by atoms with Gasteiger partial charge in [-0.3, -0.25) is 4.90 Å². The molecular weight excluding hydrogens is 255 g/mol. The molecule has 0 spiro atoms. The molecule has 0 bridgehead atoms. The van der Waals surface area contributed by atoms with Gasteiger partial charge >= 0.3 is 0 Å². The van der Waals surface area contributed by atoms with Crippen LogP contribution in [0.3, 0.4) is 0 Å². The Morgan fingerprint density at radius 2 is 1.70 bits per heavy atom. The second-order valence-corrected chi connectivity index (χ2v) is 4.36. The Labute approximate surface area is 116 Å². The van der Waals surface area contributed by atoms with Crippen molar-refractivity contribution in [3.8, 4) is 0 Å². The van der Waals surface area contributed by atoms with Crippen LogP contribution in [-0.4, -0.2) is 12.3 Å². The number of nitrogens with zero attached hydrogens (tertiary/aromatic N) is 3. The van der Waals surface area contributed by atoms with Gasteiger partial charge in [-0.2, -0.15) is 0 Å². The minimum atomic E-state index is -0.411. The molecule has 1 unspecified atom stereocenters. The molecule has 0 radical (unpaired) electrons. The Balaban J connectivity index is 2.08. The number of anilines is 1. The molecule has 4 nitrogen and oxygen atoms in total. The summed E-state index contributed by atoms with van der Waals surface area (Å²) >= 11 is 0. The third kappa shape index (κ3) is 2.14. The highest BCUT2D eigenvalue weighted by molar-refractivity contribution is 6.01. The summed E-state index contributed by atoms with van der Waals surface area (Å²) in [4.78, 5) is 9.87. The predicted octanol–water partition coefficient (Wildman–Crippen LogP) is 2.69. The van der Waals surface area contributed by atoms with Crippen LogP contribution in [0.5, 0.6) is 0 Å². The summed E-state index contributed by atoms with van der Waals surface area (Å²) in [5, 5.41) is 0. The van der Waals surface area contributed by atoms with E-state index in [2.05, 4.69) is 9.98 Å². The van der Waals surface area contributed by atoms with Gasteiger partial charge in [-0.05, 0) is 17.7 Å². The lowest BCUT2D eigenvalue weighted by Crippen LogP contribution is -2.42. The van der Waals surface area contributed by atoms with Gasteiger partial charge in [-0.15, -0.1) is 0 Å². The summed E-state index contributed by atoms with van der Waals surface area (Å²) in [5.41, 5.74) is 7.21. The minimum absolute atomic E-state index is 0.221. The smallest absolute Gasteiger partial charge is 0.204 e. The molecule has 1 atom stereocenters. The van der Waals surface area contributed by atoms with E-state index in [-0.39, 0.29) is 11.8 Å². The number of aliphatic imine (C=N–C) groups is 2. The van der Waals surface area contributed by atoms with Crippen molar-refractivity contribution in [3.05, 3.63) is 66.0 Å². The lowest BCUT2D eigenvalue weighted by atomic mass is 10.1. The van der Waals surface area contributed by atoms with E-state index >= 15 is 0 Å². The minimum Gasteiger partial charge on any atom is -0.369 e. The van der Waals surface area contributed by atoms with Gasteiger partial charge in [0, 0.05) is 0 Å². The Morgan fingerprint density at radius 1 is 1.00 bits per heavy atom. The van der Waals surface area contributed by atoms with Gasteiger partial charge in [-0.25, -0.2) is 14.4 Å². The first-order chi connectivity index (χ1) is 9.77. The Bertz CT molecular complexity index is 667. The van der Waals surface area contributed by atoms with Crippen LogP contribution >= 0.6 is 0 Å². The summed E-state index contributed by atoms with van der Waals surface area (Å²) in [6.07, 6.45) is 0.996. The van der Waals surface area contributed by atoms with Crippen LogP contribution in [0.15, 0.2) is 64.6 Å². The fraction of sp³-hybridized carbons (Fsp3) is 0.0667. The SMILES string of the molecule is NC1=NC=NC(c2ccccc2)N1c1ccccc1F. The second-order valence-electron chi connectivity index (χ2n) is 4.36. The number of rotatable bonds is 2. The van der Waals surface area contributed by atoms with Crippen molar-refractivity contribution in [2.45, 2.75) is 6.17 Å². The largest absolute Gasteiger partial charge is 0.369 e. The van der Waals surface area contributed by atoms with Crippen molar-refractivity contribution < 1.29 is 4.39 Å². The maximum absolute atomic E-state index is 14.0. The average Bonchev–Trinajstić information content (AvgIpc) is 2.49. The van der Waals surface area contributed by atoms with E-state index < -0.39 is 6.17 Å². The quantitative estimate of drug-likeness (QED) is 0.910. The van der Waals surface area contributed by atoms with E-state index in [1.165, 1.54) is 12.4 Å². The van der Waals surface area contributed by atoms with E-state index in [0.717, 1.165) is 5.56 Å². The fourth-order valence-electron chi connectivity index (χ4n) is 2.17. The van der Waals surface area contributed by atoms with Crippen molar-refractivity contribution in [2.24, 2.45) is 15.7 Å². The monoisotopic (exact) mass is 268 g/mol. The maximum atomic E-state index is 14.0. The highest BCUT2D eigenvalue weighted by Crippen LogP contribution is 2.31. The fourth-order valence-corrected chi connectivity index (χ4v) is 2.17. The van der Waals surface area contributed by atoms with Gasteiger partial charge in [-0.1, -0.05) is 42.5 Å². The molecule has 0 saturated carbocycles. The molecule has 20 heavy (non-hydrogen) atoms. The highest BCUT2D eigenvalue weighted by Gasteiger charge is 2.27. The van der Waals surface area contributed by atoms with E-state index in [0.29, 0.717) is 5.69 Å². The van der Waals surface area contributed by atoms with Gasteiger partial charge in [0.25, 0.3) is 0 Å². The lowest BCUT2D eigenvalue weighted by molar-refractivity contribution is 0.615. The molecule has 100 valence electrons. The number of halogens is 1. The van der Waals surface area contributed by atoms with Crippen molar-refractivity contribution in [1.29, 1.82) is 0 Å². The van der Waals surface area contributed by atoms with Crippen LogP contribution in [-0.2, 0) is 0 Å². The molecule has 3 rings (SSSR count). The van der Waals surface area contributed by atoms with E-state index in [1.54, 1.807) is 23.1 Å². The number of para-hydroxylation sites is 1. The zero-order chi connectivity index (χ0) is 13.9. The van der Waals surface area contributed by atoms with Crippen molar-refractivity contribution in [3.63, 3.8) is 0 Å². The highest BCUT2D eigenvalue weighted by atomic mass is 19.1. The van der Waals surface area contributed by atoms with Crippen molar-refractivity contribution in [2.75, 3.05) is 4.90 Å². The van der Waals surface area contributed by atoms with Gasteiger partial charge in [0.15, 0.2) is 6.17 Å². The van der Waals surface area contributed by atoms with Crippen LogP contribution < -0.4 is 10.6 Å². The lowest BCUT2D eigenvalue weighted by Gasteiger charge is -2.32. The number of guanidine groups is 1. The molecule has 2 aromatic carbocycles. The maximum Gasteiger partial charge on any atom is 0.204 e. The number of benzene rings is 2. The molecule has 0 fully saturated rings. The van der Waals surface area contributed by atoms with Gasteiger partial charge in [0.2, 0.25) is 5.96 Å². The first kappa shape index (κ1) is 12.3. The Morgan fingerprint density at radius 3 is 2.45 bits per heavy atom. The average molecular weight is 268 g/mol. The topological polar surface area (TPSA) is 54.0 Å². The molecule has 5 heteroatoms. The molecule has 1 aliphatic heterocycles. The standard InChI is InChI=1S/C15H13FN4/c16-12-8-4-5-9-13(12)20-14(18-10-19-15(20)17)11-6-2-1-3-7-11/h1-10,14H,(H2,17,18,19). The summed E-state index contributed by atoms with van der Waals surface area (Å²) in [6.45, 7) is 0. The van der Waals surface area contributed by atoms with Crippen LogP contribution in [0.2, 0.25) is 0 Å². The summed E-state index contributed by atoms with van der Waals surface area (Å²) in [6, 6.07) is 16.0. The third-order valence-electron chi connectivity index (χ3n) is 3.10. The first-order valence-corrected chi connectivity index (χ1v) is 6.21. The number of hydrogen-bond donors (Lipinski definition) is 1. The Kier molecular flexibility index (Phi) is 3.16. The first-order valence-electron chi connectivity index (χ1n) is 6.21. The summed E-state index contributed by atoms with van der Waals surface area (Å²) in [7, 11) is 0. The molecule has 0 aromatic heterocycles. The van der Waals surface area contributed by atoms with Crippen molar-refractivity contribution >= 4 is 18.0 Å². The summed E-state index contributed by atoms with van der Waals surface area (Å²) < 4.78 is 14.0. The molecule has 0 saturated heterocycles. The Hall–Kier alpha value is -2.69. The van der Waals surface area contributed by atoms with Gasteiger partial charge in [0.05, 0.1) is 5.69 Å². The van der Waals surface area contributed by atoms with Crippen LogP contribution in [0.25, 0.3) is 0 Å². The van der Waals surface area contributed by atoms with Crippen LogP contribution in [0, 0.1) is 5.82 Å². The zero-order valence-electron chi connectivity index (χ0n) is 10.6. The molecule has 0 aliphatic carbocycles. The molecule has 0 amide bonds. The normalized spacial score (nSPS) is 17.9. The number of hydrogen-bond acceptors (Lipinski definition) is 4.